The second-order valence-electron chi connectivity index (χ2n) is 5.69. The molecule has 22 heavy (non-hydrogen) atoms. The first kappa shape index (κ1) is 16.4. The topological polar surface area (TPSA) is 46.5 Å². The van der Waals surface area contributed by atoms with Crippen LogP contribution in [0.2, 0.25) is 0 Å². The Morgan fingerprint density at radius 2 is 1.73 bits per heavy atom. The summed E-state index contributed by atoms with van der Waals surface area (Å²) in [6.45, 7) is 7.48. The Hall–Kier alpha value is -2.00. The SMILES string of the molecule is CC1=C(Cl)C(=O)C(C(C)C)=CC1=NC(=O)c1ccc(C)cc1. The Balaban J connectivity index is 2.42. The minimum Gasteiger partial charge on any atom is -0.288 e. The number of hydrogen-bond acceptors (Lipinski definition) is 2. The van der Waals surface area contributed by atoms with Crippen molar-refractivity contribution in [2.75, 3.05) is 0 Å². The van der Waals surface area contributed by atoms with Crippen molar-refractivity contribution >= 4 is 29.0 Å². The zero-order valence-corrected chi connectivity index (χ0v) is 13.9. The molecule has 1 aliphatic rings. The molecule has 0 spiro atoms. The molecule has 0 heterocycles. The number of halogens is 1. The van der Waals surface area contributed by atoms with E-state index in [-0.39, 0.29) is 22.6 Å². The molecule has 1 aromatic carbocycles. The molecule has 0 saturated carbocycles. The van der Waals surface area contributed by atoms with Crippen molar-refractivity contribution in [3.63, 3.8) is 0 Å². The van der Waals surface area contributed by atoms with Crippen molar-refractivity contribution in [2.45, 2.75) is 27.7 Å². The van der Waals surface area contributed by atoms with Crippen LogP contribution in [0.25, 0.3) is 0 Å². The van der Waals surface area contributed by atoms with Crippen molar-refractivity contribution < 1.29 is 9.59 Å². The van der Waals surface area contributed by atoms with Crippen molar-refractivity contribution in [1.82, 2.24) is 0 Å². The summed E-state index contributed by atoms with van der Waals surface area (Å²) >= 11 is 6.10. The van der Waals surface area contributed by atoms with Gasteiger partial charge in [0.05, 0.1) is 10.7 Å². The lowest BCUT2D eigenvalue weighted by Crippen LogP contribution is -2.19. The number of aliphatic imine (C=N–C) groups is 1. The number of aryl methyl sites for hydroxylation is 1. The second-order valence-corrected chi connectivity index (χ2v) is 6.07. The molecule has 0 N–H and O–H groups in total. The molecular formula is C18H18ClNO2. The van der Waals surface area contributed by atoms with Crippen LogP contribution in [-0.4, -0.2) is 17.4 Å². The van der Waals surface area contributed by atoms with E-state index in [1.54, 1.807) is 25.1 Å². The van der Waals surface area contributed by atoms with Gasteiger partial charge in [0.1, 0.15) is 0 Å². The number of ketones is 1. The molecule has 0 bridgehead atoms. The highest BCUT2D eigenvalue weighted by Crippen LogP contribution is 2.27. The minimum absolute atomic E-state index is 0.0222. The summed E-state index contributed by atoms with van der Waals surface area (Å²) in [5, 5.41) is 0.140. The standard InChI is InChI=1S/C18H18ClNO2/c1-10(2)14-9-15(12(4)16(19)17(14)21)20-18(22)13-7-5-11(3)6-8-13/h5-10H,1-4H3. The first-order chi connectivity index (χ1) is 10.3. The van der Waals surface area contributed by atoms with Crippen LogP contribution >= 0.6 is 11.6 Å². The van der Waals surface area contributed by atoms with Crippen LogP contribution < -0.4 is 0 Å². The quantitative estimate of drug-likeness (QED) is 0.766. The number of rotatable bonds is 2. The van der Waals surface area contributed by atoms with E-state index in [1.807, 2.05) is 32.9 Å². The molecule has 4 heteroatoms. The predicted octanol–water partition coefficient (Wildman–Crippen LogP) is 4.25. The fourth-order valence-electron chi connectivity index (χ4n) is 2.15. The molecule has 0 unspecified atom stereocenters. The van der Waals surface area contributed by atoms with Crippen molar-refractivity contribution in [3.05, 3.63) is 57.6 Å². The van der Waals surface area contributed by atoms with Crippen LogP contribution in [0.15, 0.2) is 51.5 Å². The Morgan fingerprint density at radius 3 is 2.27 bits per heavy atom. The largest absolute Gasteiger partial charge is 0.288 e. The molecule has 0 radical (unpaired) electrons. The third kappa shape index (κ3) is 3.25. The smallest absolute Gasteiger partial charge is 0.277 e. The van der Waals surface area contributed by atoms with Gasteiger partial charge in [0.15, 0.2) is 0 Å². The normalized spacial score (nSPS) is 17.3. The van der Waals surface area contributed by atoms with E-state index in [1.165, 1.54) is 0 Å². The van der Waals surface area contributed by atoms with Crippen LogP contribution in [0.1, 0.15) is 36.7 Å². The molecule has 0 aromatic heterocycles. The Morgan fingerprint density at radius 1 is 1.14 bits per heavy atom. The first-order valence-electron chi connectivity index (χ1n) is 7.14. The average Bonchev–Trinajstić information content (AvgIpc) is 2.48. The van der Waals surface area contributed by atoms with Gasteiger partial charge in [-0.25, -0.2) is 4.99 Å². The number of benzene rings is 1. The van der Waals surface area contributed by atoms with Gasteiger partial charge >= 0.3 is 0 Å². The summed E-state index contributed by atoms with van der Waals surface area (Å²) in [6, 6.07) is 7.21. The Labute approximate surface area is 135 Å². The van der Waals surface area contributed by atoms with E-state index in [0.717, 1.165) is 5.56 Å². The molecule has 1 amide bonds. The van der Waals surface area contributed by atoms with Crippen LogP contribution in [0.5, 0.6) is 0 Å². The molecule has 1 aromatic rings. The molecule has 0 fully saturated rings. The van der Waals surface area contributed by atoms with E-state index >= 15 is 0 Å². The minimum atomic E-state index is -0.340. The summed E-state index contributed by atoms with van der Waals surface area (Å²) < 4.78 is 0. The molecule has 3 nitrogen and oxygen atoms in total. The highest BCUT2D eigenvalue weighted by Gasteiger charge is 2.25. The predicted molar refractivity (Wildman–Crippen MR) is 89.4 cm³/mol. The number of hydrogen-bond donors (Lipinski definition) is 0. The third-order valence-electron chi connectivity index (χ3n) is 3.61. The molecule has 2 rings (SSSR count). The zero-order chi connectivity index (χ0) is 16.4. The molecule has 1 aliphatic carbocycles. The van der Waals surface area contributed by atoms with Crippen molar-refractivity contribution in [1.29, 1.82) is 0 Å². The number of nitrogens with zero attached hydrogens (tertiary/aromatic N) is 1. The molecule has 0 aliphatic heterocycles. The number of carbonyl (C=O) groups excluding carboxylic acids is 2. The molecular weight excluding hydrogens is 298 g/mol. The fraction of sp³-hybridized carbons (Fsp3) is 0.278. The molecule has 114 valence electrons. The highest BCUT2D eigenvalue weighted by molar-refractivity contribution is 6.49. The number of carbonyl (C=O) groups is 2. The lowest BCUT2D eigenvalue weighted by molar-refractivity contribution is -0.112. The lowest BCUT2D eigenvalue weighted by atomic mass is 9.90. The van der Waals surface area contributed by atoms with Crippen molar-refractivity contribution in [2.24, 2.45) is 10.9 Å². The highest BCUT2D eigenvalue weighted by atomic mass is 35.5. The van der Waals surface area contributed by atoms with Gasteiger partial charge < -0.3 is 0 Å². The Kier molecular flexibility index (Phi) is 4.77. The summed E-state index contributed by atoms with van der Waals surface area (Å²) in [5.41, 5.74) is 3.16. The van der Waals surface area contributed by atoms with E-state index in [0.29, 0.717) is 22.4 Å². The molecule has 0 saturated heterocycles. The maximum atomic E-state index is 12.3. The maximum Gasteiger partial charge on any atom is 0.277 e. The number of Topliss-reactive ketones (excluding diaryl/α,β-unsaturated/α-hetero) is 1. The first-order valence-corrected chi connectivity index (χ1v) is 7.51. The summed E-state index contributed by atoms with van der Waals surface area (Å²) in [4.78, 5) is 28.5. The van der Waals surface area contributed by atoms with E-state index in [4.69, 9.17) is 11.6 Å². The third-order valence-corrected chi connectivity index (χ3v) is 4.06. The van der Waals surface area contributed by atoms with Crippen LogP contribution in [0, 0.1) is 12.8 Å². The summed E-state index contributed by atoms with van der Waals surface area (Å²) in [6.07, 6.45) is 1.67. The molecule has 0 atom stereocenters. The Bertz CT molecular complexity index is 722. The second kappa shape index (κ2) is 6.41. The van der Waals surface area contributed by atoms with E-state index in [2.05, 4.69) is 4.99 Å². The maximum absolute atomic E-state index is 12.3. The van der Waals surface area contributed by atoms with Crippen LogP contribution in [0.4, 0.5) is 0 Å². The lowest BCUT2D eigenvalue weighted by Gasteiger charge is -2.17. The summed E-state index contributed by atoms with van der Waals surface area (Å²) in [7, 11) is 0. The van der Waals surface area contributed by atoms with E-state index in [9.17, 15) is 9.59 Å². The fourth-order valence-corrected chi connectivity index (χ4v) is 2.35. The van der Waals surface area contributed by atoms with Crippen LogP contribution in [-0.2, 0) is 4.79 Å². The van der Waals surface area contributed by atoms with E-state index < -0.39 is 0 Å². The zero-order valence-electron chi connectivity index (χ0n) is 13.1. The van der Waals surface area contributed by atoms with Gasteiger partial charge in [0, 0.05) is 11.1 Å². The van der Waals surface area contributed by atoms with Gasteiger partial charge in [-0.15, -0.1) is 0 Å². The van der Waals surface area contributed by atoms with Gasteiger partial charge in [-0.3, -0.25) is 9.59 Å². The van der Waals surface area contributed by atoms with Gasteiger partial charge in [0.2, 0.25) is 5.78 Å². The summed E-state index contributed by atoms with van der Waals surface area (Å²) in [5.74, 6) is -0.502. The van der Waals surface area contributed by atoms with Gasteiger partial charge in [0.25, 0.3) is 5.91 Å². The van der Waals surface area contributed by atoms with Gasteiger partial charge in [-0.1, -0.05) is 43.1 Å². The van der Waals surface area contributed by atoms with Gasteiger partial charge in [-0.2, -0.15) is 0 Å². The number of allylic oxidation sites excluding steroid dienone is 4. The van der Waals surface area contributed by atoms with Crippen molar-refractivity contribution in [3.8, 4) is 0 Å². The number of amides is 1. The van der Waals surface area contributed by atoms with Gasteiger partial charge in [-0.05, 0) is 43.5 Å². The average molecular weight is 316 g/mol. The van der Waals surface area contributed by atoms with Crippen LogP contribution in [0.3, 0.4) is 0 Å². The monoisotopic (exact) mass is 315 g/mol.